The molecule has 8 heteroatoms. The fraction of sp³-hybridized carbons (Fsp3) is 0.636. The Hall–Kier alpha value is -2.09. The minimum Gasteiger partial charge on any atom is -0.494 e. The summed E-state index contributed by atoms with van der Waals surface area (Å²) in [5, 5.41) is 16.0. The number of benzene rings is 1. The van der Waals surface area contributed by atoms with Crippen molar-refractivity contribution in [3.8, 4) is 11.4 Å². The SMILES string of the molecule is COc1ccc(C)cc1-n1nnnc1S[C@@H](C)C(=O)NC12CC3CC(CC(C3)C1)C2. The minimum absolute atomic E-state index is 0.0202. The molecule has 1 aromatic heterocycles. The molecule has 4 saturated carbocycles. The van der Waals surface area contributed by atoms with Crippen molar-refractivity contribution in [3.05, 3.63) is 23.8 Å². The average molecular weight is 428 g/mol. The Labute approximate surface area is 181 Å². The molecular formula is C22H29N5O2S. The van der Waals surface area contributed by atoms with Crippen molar-refractivity contribution in [1.29, 1.82) is 0 Å². The first-order valence-corrected chi connectivity index (χ1v) is 11.7. The fourth-order valence-electron chi connectivity index (χ4n) is 6.21. The van der Waals surface area contributed by atoms with Gasteiger partial charge in [0.2, 0.25) is 11.1 Å². The van der Waals surface area contributed by atoms with Crippen LogP contribution in [0.2, 0.25) is 0 Å². The zero-order chi connectivity index (χ0) is 20.9. The first kappa shape index (κ1) is 19.8. The molecule has 4 bridgehead atoms. The summed E-state index contributed by atoms with van der Waals surface area (Å²) in [6, 6.07) is 5.88. The number of amides is 1. The molecule has 160 valence electrons. The summed E-state index contributed by atoms with van der Waals surface area (Å²) >= 11 is 1.39. The van der Waals surface area contributed by atoms with Crippen molar-refractivity contribution < 1.29 is 9.53 Å². The van der Waals surface area contributed by atoms with Crippen molar-refractivity contribution in [2.75, 3.05) is 7.11 Å². The van der Waals surface area contributed by atoms with Crippen LogP contribution in [-0.4, -0.2) is 44.0 Å². The number of carbonyl (C=O) groups is 1. The summed E-state index contributed by atoms with van der Waals surface area (Å²) < 4.78 is 7.14. The molecule has 0 unspecified atom stereocenters. The van der Waals surface area contributed by atoms with Crippen LogP contribution in [0.4, 0.5) is 0 Å². The highest BCUT2D eigenvalue weighted by Gasteiger charge is 2.51. The van der Waals surface area contributed by atoms with E-state index in [4.69, 9.17) is 4.74 Å². The summed E-state index contributed by atoms with van der Waals surface area (Å²) in [7, 11) is 1.63. The summed E-state index contributed by atoms with van der Waals surface area (Å²) in [5.74, 6) is 3.20. The van der Waals surface area contributed by atoms with Crippen LogP contribution in [-0.2, 0) is 4.79 Å². The van der Waals surface area contributed by atoms with Gasteiger partial charge in [-0.25, -0.2) is 0 Å². The van der Waals surface area contributed by atoms with E-state index in [1.54, 1.807) is 11.8 Å². The molecule has 0 spiro atoms. The smallest absolute Gasteiger partial charge is 0.233 e. The van der Waals surface area contributed by atoms with Gasteiger partial charge in [0.15, 0.2) is 0 Å². The standard InChI is InChI=1S/C22H29N5O2S/c1-13-4-5-19(29-3)18(6-13)27-21(24-25-26-27)30-14(2)20(28)23-22-10-15-7-16(11-22)9-17(8-15)12-22/h4-6,14-17H,7-12H2,1-3H3,(H,23,28)/t14-,15?,16?,17?,22?/m0/s1. The highest BCUT2D eigenvalue weighted by molar-refractivity contribution is 8.00. The molecule has 30 heavy (non-hydrogen) atoms. The number of nitrogens with one attached hydrogen (secondary N) is 1. The van der Waals surface area contributed by atoms with Gasteiger partial charge in [-0.05, 0) is 98.2 Å². The number of nitrogens with zero attached hydrogens (tertiary/aromatic N) is 4. The van der Waals surface area contributed by atoms with Crippen molar-refractivity contribution in [3.63, 3.8) is 0 Å². The Morgan fingerprint density at radius 3 is 2.53 bits per heavy atom. The zero-order valence-corrected chi connectivity index (χ0v) is 18.6. The summed E-state index contributed by atoms with van der Waals surface area (Å²) in [6.45, 7) is 3.95. The maximum atomic E-state index is 13.1. The van der Waals surface area contributed by atoms with E-state index in [1.165, 1.54) is 31.0 Å². The Morgan fingerprint density at radius 1 is 1.23 bits per heavy atom. The van der Waals surface area contributed by atoms with Crippen LogP contribution in [0.15, 0.2) is 23.4 Å². The van der Waals surface area contributed by atoms with E-state index in [0.29, 0.717) is 10.9 Å². The van der Waals surface area contributed by atoms with Gasteiger partial charge < -0.3 is 10.1 Å². The Kier molecular flexibility index (Phi) is 5.00. The molecule has 4 aliphatic carbocycles. The number of tetrazole rings is 1. The highest BCUT2D eigenvalue weighted by Crippen LogP contribution is 2.55. The average Bonchev–Trinajstić information content (AvgIpc) is 3.14. The van der Waals surface area contributed by atoms with Gasteiger partial charge >= 0.3 is 0 Å². The maximum Gasteiger partial charge on any atom is 0.233 e. The lowest BCUT2D eigenvalue weighted by Gasteiger charge is -2.57. The monoisotopic (exact) mass is 427 g/mol. The summed E-state index contributed by atoms with van der Waals surface area (Å²) in [6.07, 6.45) is 7.56. The second kappa shape index (κ2) is 7.55. The molecule has 1 aromatic carbocycles. The third-order valence-corrected chi connectivity index (χ3v) is 8.11. The van der Waals surface area contributed by atoms with Gasteiger partial charge in [0.1, 0.15) is 11.4 Å². The predicted octanol–water partition coefficient (Wildman–Crippen LogP) is 3.54. The molecule has 4 fully saturated rings. The number of ether oxygens (including phenoxy) is 1. The van der Waals surface area contributed by atoms with Crippen LogP contribution in [0.1, 0.15) is 51.0 Å². The maximum absolute atomic E-state index is 13.1. The third kappa shape index (κ3) is 3.59. The minimum atomic E-state index is -0.279. The normalized spacial score (nSPS) is 30.3. The fourth-order valence-corrected chi connectivity index (χ4v) is 7.01. The molecule has 1 atom stereocenters. The van der Waals surface area contributed by atoms with Crippen LogP contribution in [0.3, 0.4) is 0 Å². The molecule has 1 N–H and O–H groups in total. The van der Waals surface area contributed by atoms with Gasteiger partial charge in [-0.15, -0.1) is 5.10 Å². The number of carbonyl (C=O) groups excluding carboxylic acids is 1. The van der Waals surface area contributed by atoms with E-state index in [9.17, 15) is 4.79 Å². The summed E-state index contributed by atoms with van der Waals surface area (Å²) in [4.78, 5) is 13.1. The topological polar surface area (TPSA) is 81.9 Å². The highest BCUT2D eigenvalue weighted by atomic mass is 32.2. The van der Waals surface area contributed by atoms with Gasteiger partial charge in [-0.1, -0.05) is 17.8 Å². The molecule has 1 heterocycles. The van der Waals surface area contributed by atoms with Gasteiger partial charge in [0.05, 0.1) is 12.4 Å². The number of thioether (sulfide) groups is 1. The lowest BCUT2D eigenvalue weighted by atomic mass is 9.53. The van der Waals surface area contributed by atoms with E-state index in [2.05, 4.69) is 20.8 Å². The lowest BCUT2D eigenvalue weighted by molar-refractivity contribution is -0.126. The molecule has 7 nitrogen and oxygen atoms in total. The molecule has 1 amide bonds. The van der Waals surface area contributed by atoms with Gasteiger partial charge in [0, 0.05) is 5.54 Å². The third-order valence-electron chi connectivity index (χ3n) is 7.08. The van der Waals surface area contributed by atoms with Crippen molar-refractivity contribution >= 4 is 17.7 Å². The second-order valence-electron chi connectivity index (χ2n) is 9.50. The van der Waals surface area contributed by atoms with Crippen LogP contribution in [0.5, 0.6) is 5.75 Å². The summed E-state index contributed by atoms with van der Waals surface area (Å²) in [5.41, 5.74) is 1.88. The van der Waals surface area contributed by atoms with Crippen LogP contribution < -0.4 is 10.1 Å². The van der Waals surface area contributed by atoms with Gasteiger partial charge in [0.25, 0.3) is 0 Å². The Balaban J connectivity index is 1.31. The Bertz CT molecular complexity index is 923. The second-order valence-corrected chi connectivity index (χ2v) is 10.8. The van der Waals surface area contributed by atoms with Crippen LogP contribution in [0.25, 0.3) is 5.69 Å². The molecule has 4 aliphatic rings. The first-order valence-electron chi connectivity index (χ1n) is 10.9. The molecule has 0 aliphatic heterocycles. The largest absolute Gasteiger partial charge is 0.494 e. The molecule has 6 rings (SSSR count). The van der Waals surface area contributed by atoms with Gasteiger partial charge in [-0.2, -0.15) is 4.68 Å². The molecule has 0 radical (unpaired) electrons. The van der Waals surface area contributed by atoms with E-state index in [0.717, 1.165) is 48.3 Å². The van der Waals surface area contributed by atoms with E-state index in [1.807, 2.05) is 32.0 Å². The zero-order valence-electron chi connectivity index (χ0n) is 17.8. The molecule has 0 saturated heterocycles. The van der Waals surface area contributed by atoms with E-state index in [-0.39, 0.29) is 16.7 Å². The van der Waals surface area contributed by atoms with E-state index < -0.39 is 0 Å². The quantitative estimate of drug-likeness (QED) is 0.710. The van der Waals surface area contributed by atoms with Crippen molar-refractivity contribution in [2.45, 2.75) is 68.3 Å². The lowest BCUT2D eigenvalue weighted by Crippen LogP contribution is -2.60. The number of aromatic nitrogens is 4. The van der Waals surface area contributed by atoms with E-state index >= 15 is 0 Å². The predicted molar refractivity (Wildman–Crippen MR) is 115 cm³/mol. The van der Waals surface area contributed by atoms with Gasteiger partial charge in [-0.3, -0.25) is 4.79 Å². The van der Waals surface area contributed by atoms with Crippen LogP contribution >= 0.6 is 11.8 Å². The molecular weight excluding hydrogens is 398 g/mol. The number of rotatable bonds is 6. The van der Waals surface area contributed by atoms with Crippen molar-refractivity contribution in [2.24, 2.45) is 17.8 Å². The number of methoxy groups -OCH3 is 1. The Morgan fingerprint density at radius 2 is 1.90 bits per heavy atom. The van der Waals surface area contributed by atoms with Crippen LogP contribution in [0, 0.1) is 24.7 Å². The molecule has 2 aromatic rings. The first-order chi connectivity index (χ1) is 14.4. The van der Waals surface area contributed by atoms with Crippen molar-refractivity contribution in [1.82, 2.24) is 25.5 Å². The number of aryl methyl sites for hydroxylation is 1. The number of hydrogen-bond donors (Lipinski definition) is 1. The number of hydrogen-bond acceptors (Lipinski definition) is 6.